The van der Waals surface area contributed by atoms with Crippen LogP contribution in [0, 0.1) is 0 Å². The molecule has 2 aliphatic heterocycles. The van der Waals surface area contributed by atoms with Crippen LogP contribution in [0.25, 0.3) is 5.57 Å². The number of fused-ring (bicyclic) bond motifs is 1. The van der Waals surface area contributed by atoms with Gasteiger partial charge in [-0.1, -0.05) is 37.5 Å². The van der Waals surface area contributed by atoms with Crippen molar-refractivity contribution in [3.8, 4) is 0 Å². The van der Waals surface area contributed by atoms with Gasteiger partial charge in [0.2, 0.25) is 0 Å². The zero-order valence-electron chi connectivity index (χ0n) is 16.6. The first-order valence-electron chi connectivity index (χ1n) is 10.3. The van der Waals surface area contributed by atoms with Crippen LogP contribution in [-0.4, -0.2) is 19.0 Å². The average Bonchev–Trinajstić information content (AvgIpc) is 3.00. The number of alkyl halides is 3. The Morgan fingerprint density at radius 3 is 2.40 bits per heavy atom. The van der Waals surface area contributed by atoms with E-state index in [2.05, 4.69) is 10.6 Å². The molecular formula is C23H24F3N3O. The minimum absolute atomic E-state index is 0.228. The van der Waals surface area contributed by atoms with Crippen LogP contribution in [0.3, 0.4) is 0 Å². The highest BCUT2D eigenvalue weighted by molar-refractivity contribution is 6.31. The highest BCUT2D eigenvalue weighted by Gasteiger charge is 2.35. The fraction of sp³-hybridized carbons (Fsp3) is 0.348. The number of amides is 1. The molecule has 158 valence electrons. The summed E-state index contributed by atoms with van der Waals surface area (Å²) in [4.78, 5) is 14.0. The summed E-state index contributed by atoms with van der Waals surface area (Å²) in [7, 11) is 0. The van der Waals surface area contributed by atoms with E-state index in [4.69, 9.17) is 0 Å². The third-order valence-electron chi connectivity index (χ3n) is 5.59. The molecule has 0 radical (unpaired) electrons. The number of benzene rings is 2. The van der Waals surface area contributed by atoms with E-state index in [-0.39, 0.29) is 11.6 Å². The number of para-hydroxylation sites is 1. The van der Waals surface area contributed by atoms with E-state index in [9.17, 15) is 18.0 Å². The predicted molar refractivity (Wildman–Crippen MR) is 113 cm³/mol. The van der Waals surface area contributed by atoms with E-state index < -0.39 is 11.7 Å². The number of carbonyl (C=O) groups is 1. The maximum absolute atomic E-state index is 13.8. The second-order valence-electron chi connectivity index (χ2n) is 7.69. The fourth-order valence-electron chi connectivity index (χ4n) is 4.05. The standard InChI is InChI=1S/C23H24F3N3O/c24-23(25,26)19-14-16(10-11-21(19)29-12-6-2-1-3-7-13-29)27-15-18-17-8-4-5-9-20(17)28-22(18)30/h4-5,8-11,14-15,27H,1-3,6-7,12-13H2,(H,28,30)/b18-15+. The largest absolute Gasteiger partial charge is 0.418 e. The number of carbonyl (C=O) groups excluding carboxylic acids is 1. The van der Waals surface area contributed by atoms with Crippen molar-refractivity contribution in [2.75, 3.05) is 28.6 Å². The predicted octanol–water partition coefficient (Wildman–Crippen LogP) is 5.88. The normalized spacial score (nSPS) is 18.6. The molecule has 4 rings (SSSR count). The van der Waals surface area contributed by atoms with Crippen LogP contribution < -0.4 is 15.5 Å². The number of anilines is 3. The van der Waals surface area contributed by atoms with Crippen molar-refractivity contribution in [2.24, 2.45) is 0 Å². The molecule has 0 saturated carbocycles. The van der Waals surface area contributed by atoms with Gasteiger partial charge in [-0.25, -0.2) is 0 Å². The summed E-state index contributed by atoms with van der Waals surface area (Å²) in [6.45, 7) is 1.27. The molecule has 4 nitrogen and oxygen atoms in total. The van der Waals surface area contributed by atoms with Crippen LogP contribution >= 0.6 is 0 Å². The number of halogens is 3. The molecule has 0 aliphatic carbocycles. The maximum atomic E-state index is 13.8. The van der Waals surface area contributed by atoms with Gasteiger partial charge in [0.25, 0.3) is 5.91 Å². The van der Waals surface area contributed by atoms with Crippen molar-refractivity contribution in [1.82, 2.24) is 0 Å². The molecule has 0 spiro atoms. The van der Waals surface area contributed by atoms with Gasteiger partial charge in [0.15, 0.2) is 0 Å². The number of hydrogen-bond donors (Lipinski definition) is 2. The lowest BCUT2D eigenvalue weighted by Gasteiger charge is -2.29. The monoisotopic (exact) mass is 415 g/mol. The molecule has 0 aromatic heterocycles. The Balaban J connectivity index is 1.61. The Hall–Kier alpha value is -2.96. The molecule has 30 heavy (non-hydrogen) atoms. The minimum atomic E-state index is -4.46. The maximum Gasteiger partial charge on any atom is 0.418 e. The summed E-state index contributed by atoms with van der Waals surface area (Å²) in [6, 6.07) is 11.5. The first kappa shape index (κ1) is 20.3. The Labute approximate surface area is 173 Å². The quantitative estimate of drug-likeness (QED) is 0.615. The second-order valence-corrected chi connectivity index (χ2v) is 7.69. The van der Waals surface area contributed by atoms with Gasteiger partial charge >= 0.3 is 6.18 Å². The fourth-order valence-corrected chi connectivity index (χ4v) is 4.05. The van der Waals surface area contributed by atoms with E-state index >= 15 is 0 Å². The van der Waals surface area contributed by atoms with Gasteiger partial charge in [0, 0.05) is 41.9 Å². The summed E-state index contributed by atoms with van der Waals surface area (Å²) in [6.07, 6.45) is 2.06. The van der Waals surface area contributed by atoms with Crippen LogP contribution in [0.1, 0.15) is 43.2 Å². The number of nitrogens with one attached hydrogen (secondary N) is 2. The Morgan fingerprint density at radius 1 is 0.967 bits per heavy atom. The summed E-state index contributed by atoms with van der Waals surface area (Å²) < 4.78 is 41.5. The summed E-state index contributed by atoms with van der Waals surface area (Å²) in [5, 5.41) is 5.63. The first-order chi connectivity index (χ1) is 14.4. The smallest absolute Gasteiger partial charge is 0.371 e. The molecule has 1 fully saturated rings. The Kier molecular flexibility index (Phi) is 5.70. The molecule has 2 heterocycles. The molecular weight excluding hydrogens is 391 g/mol. The second kappa shape index (κ2) is 8.42. The van der Waals surface area contributed by atoms with Crippen molar-refractivity contribution in [1.29, 1.82) is 0 Å². The van der Waals surface area contributed by atoms with Gasteiger partial charge < -0.3 is 15.5 Å². The molecule has 0 bridgehead atoms. The highest BCUT2D eigenvalue weighted by Crippen LogP contribution is 2.39. The van der Waals surface area contributed by atoms with Gasteiger partial charge in [-0.15, -0.1) is 0 Å². The van der Waals surface area contributed by atoms with Crippen molar-refractivity contribution in [3.63, 3.8) is 0 Å². The average molecular weight is 415 g/mol. The zero-order chi connectivity index (χ0) is 21.1. The zero-order valence-corrected chi connectivity index (χ0v) is 16.6. The van der Waals surface area contributed by atoms with Crippen LogP contribution in [0.15, 0.2) is 48.7 Å². The molecule has 1 saturated heterocycles. The van der Waals surface area contributed by atoms with E-state index in [0.29, 0.717) is 30.0 Å². The molecule has 2 aromatic carbocycles. The molecule has 2 aliphatic rings. The van der Waals surface area contributed by atoms with E-state index in [1.807, 2.05) is 17.0 Å². The lowest BCUT2D eigenvalue weighted by Crippen LogP contribution is -2.29. The minimum Gasteiger partial charge on any atom is -0.371 e. The van der Waals surface area contributed by atoms with Crippen LogP contribution in [-0.2, 0) is 11.0 Å². The lowest BCUT2D eigenvalue weighted by atomic mass is 10.1. The lowest BCUT2D eigenvalue weighted by molar-refractivity contribution is -0.137. The molecule has 1 amide bonds. The third kappa shape index (κ3) is 4.30. The first-order valence-corrected chi connectivity index (χ1v) is 10.3. The molecule has 2 N–H and O–H groups in total. The summed E-state index contributed by atoms with van der Waals surface area (Å²) in [5.41, 5.74) is 1.69. The number of hydrogen-bond acceptors (Lipinski definition) is 3. The Morgan fingerprint density at radius 2 is 1.67 bits per heavy atom. The van der Waals surface area contributed by atoms with Crippen LogP contribution in [0.2, 0.25) is 0 Å². The van der Waals surface area contributed by atoms with Crippen molar-refractivity contribution >= 4 is 28.5 Å². The molecule has 0 unspecified atom stereocenters. The molecule has 2 aromatic rings. The molecule has 0 atom stereocenters. The van der Waals surface area contributed by atoms with Crippen molar-refractivity contribution in [3.05, 3.63) is 59.8 Å². The van der Waals surface area contributed by atoms with Crippen molar-refractivity contribution < 1.29 is 18.0 Å². The van der Waals surface area contributed by atoms with Gasteiger partial charge in [-0.3, -0.25) is 4.79 Å². The third-order valence-corrected chi connectivity index (χ3v) is 5.59. The van der Waals surface area contributed by atoms with Crippen LogP contribution in [0.4, 0.5) is 30.2 Å². The SMILES string of the molecule is O=C1Nc2ccccc2/C1=C\Nc1ccc(N2CCCCCCC2)c(C(F)(F)F)c1. The summed E-state index contributed by atoms with van der Waals surface area (Å²) in [5.74, 6) is -0.281. The van der Waals surface area contributed by atoms with E-state index in [0.717, 1.165) is 43.7 Å². The van der Waals surface area contributed by atoms with E-state index in [1.165, 1.54) is 12.3 Å². The van der Waals surface area contributed by atoms with Crippen molar-refractivity contribution in [2.45, 2.75) is 38.3 Å². The van der Waals surface area contributed by atoms with E-state index in [1.54, 1.807) is 18.2 Å². The van der Waals surface area contributed by atoms with Gasteiger partial charge in [0.1, 0.15) is 0 Å². The Bertz CT molecular complexity index is 960. The molecule has 7 heteroatoms. The summed E-state index contributed by atoms with van der Waals surface area (Å²) >= 11 is 0. The van der Waals surface area contributed by atoms with Gasteiger partial charge in [-0.2, -0.15) is 13.2 Å². The number of nitrogens with zero attached hydrogens (tertiary/aromatic N) is 1. The van der Waals surface area contributed by atoms with Gasteiger partial charge in [-0.05, 0) is 37.1 Å². The number of rotatable bonds is 3. The van der Waals surface area contributed by atoms with Crippen LogP contribution in [0.5, 0.6) is 0 Å². The topological polar surface area (TPSA) is 44.4 Å². The van der Waals surface area contributed by atoms with Gasteiger partial charge in [0.05, 0.1) is 11.1 Å². The highest BCUT2D eigenvalue weighted by atomic mass is 19.4.